The quantitative estimate of drug-likeness (QED) is 0.533. The predicted molar refractivity (Wildman–Crippen MR) is 115 cm³/mol. The minimum absolute atomic E-state index is 0.105. The van der Waals surface area contributed by atoms with Crippen molar-refractivity contribution in [2.24, 2.45) is 23.2 Å². The molecule has 4 atom stereocenters. The number of hydrogen-bond acceptors (Lipinski definition) is 3. The summed E-state index contributed by atoms with van der Waals surface area (Å²) in [4.78, 5) is 24.9. The van der Waals surface area contributed by atoms with Crippen LogP contribution in [0.5, 0.6) is 0 Å². The van der Waals surface area contributed by atoms with Crippen LogP contribution in [-0.4, -0.2) is 23.3 Å². The third kappa shape index (κ3) is 4.04. The summed E-state index contributed by atoms with van der Waals surface area (Å²) in [7, 11) is 0. The van der Waals surface area contributed by atoms with Gasteiger partial charge in [0.15, 0.2) is 5.78 Å². The molecule has 4 aliphatic rings. The van der Waals surface area contributed by atoms with Gasteiger partial charge in [0.1, 0.15) is 5.78 Å². The summed E-state index contributed by atoms with van der Waals surface area (Å²) in [5.74, 6) is 2.47. The molecule has 0 aromatic carbocycles. The molecule has 0 aromatic heterocycles. The predicted octanol–water partition coefficient (Wildman–Crippen LogP) is 5.71. The number of carbonyl (C=O) groups excluding carboxylic acids is 2. The molecular formula is C26H38O3. The normalized spacial score (nSPS) is 34.0. The van der Waals surface area contributed by atoms with E-state index >= 15 is 0 Å². The lowest BCUT2D eigenvalue weighted by Gasteiger charge is -2.50. The maximum atomic E-state index is 12.9. The fraction of sp³-hybridized carbons (Fsp3) is 0.769. The number of Topliss-reactive ketones (excluding diaryl/α,β-unsaturated/α-hetero) is 1. The maximum Gasteiger partial charge on any atom is 0.156 e. The molecule has 1 N–H and O–H groups in total. The highest BCUT2D eigenvalue weighted by Gasteiger charge is 2.55. The van der Waals surface area contributed by atoms with Crippen LogP contribution in [0.25, 0.3) is 0 Å². The Balaban J connectivity index is 1.52. The van der Waals surface area contributed by atoms with Crippen LogP contribution in [0.2, 0.25) is 0 Å². The maximum absolute atomic E-state index is 12.9. The minimum Gasteiger partial charge on any atom is -0.396 e. The Morgan fingerprint density at radius 1 is 0.966 bits per heavy atom. The largest absolute Gasteiger partial charge is 0.396 e. The summed E-state index contributed by atoms with van der Waals surface area (Å²) in [5, 5.41) is 8.92. The molecular weight excluding hydrogens is 360 g/mol. The number of rotatable bonds is 8. The van der Waals surface area contributed by atoms with Gasteiger partial charge < -0.3 is 5.11 Å². The number of unbranched alkanes of at least 4 members (excludes halogenated alkanes) is 5. The molecule has 0 aliphatic heterocycles. The standard InChI is InChI=1S/C26H38O3/c1-26-17-19(8-6-4-2-3-5-7-15-27)25-21-12-10-20(28)16-18(21)9-11-22(25)23(26)13-14-24(26)29/h16,19,22-23,27H,2-15,17H2,1H3/t19-,22-,23-,26-/m0/s1. The van der Waals surface area contributed by atoms with E-state index in [-0.39, 0.29) is 5.41 Å². The highest BCUT2D eigenvalue weighted by Crippen LogP contribution is 2.61. The van der Waals surface area contributed by atoms with Gasteiger partial charge in [-0.15, -0.1) is 0 Å². The van der Waals surface area contributed by atoms with Gasteiger partial charge in [-0.3, -0.25) is 9.59 Å². The first kappa shape index (κ1) is 21.0. The molecule has 0 saturated heterocycles. The molecule has 0 unspecified atom stereocenters. The van der Waals surface area contributed by atoms with Gasteiger partial charge in [0, 0.05) is 24.9 Å². The molecule has 4 aliphatic carbocycles. The number of hydrogen-bond donors (Lipinski definition) is 1. The zero-order valence-electron chi connectivity index (χ0n) is 18.2. The Bertz CT molecular complexity index is 715. The number of ketones is 2. The average Bonchev–Trinajstić information content (AvgIpc) is 3.01. The van der Waals surface area contributed by atoms with Crippen molar-refractivity contribution in [2.75, 3.05) is 6.61 Å². The zero-order valence-corrected chi connectivity index (χ0v) is 18.2. The topological polar surface area (TPSA) is 54.4 Å². The lowest BCUT2D eigenvalue weighted by Crippen LogP contribution is -2.44. The fourth-order valence-corrected chi connectivity index (χ4v) is 7.07. The van der Waals surface area contributed by atoms with Gasteiger partial charge in [-0.05, 0) is 79.9 Å². The second kappa shape index (κ2) is 8.88. The van der Waals surface area contributed by atoms with Crippen LogP contribution >= 0.6 is 0 Å². The van der Waals surface area contributed by atoms with Gasteiger partial charge in [0.05, 0.1) is 0 Å². The van der Waals surface area contributed by atoms with Crippen LogP contribution in [0.15, 0.2) is 22.8 Å². The summed E-state index contributed by atoms with van der Waals surface area (Å²) in [6, 6.07) is 0. The molecule has 0 amide bonds. The van der Waals surface area contributed by atoms with Gasteiger partial charge >= 0.3 is 0 Å². The van der Waals surface area contributed by atoms with Crippen molar-refractivity contribution < 1.29 is 14.7 Å². The molecule has 160 valence electrons. The first-order chi connectivity index (χ1) is 14.0. The number of allylic oxidation sites excluding steroid dienone is 4. The van der Waals surface area contributed by atoms with Gasteiger partial charge in [-0.2, -0.15) is 0 Å². The molecule has 0 aromatic rings. The number of aliphatic hydroxyl groups is 1. The highest BCUT2D eigenvalue weighted by molar-refractivity contribution is 5.93. The van der Waals surface area contributed by atoms with E-state index in [4.69, 9.17) is 5.11 Å². The SMILES string of the molecule is C[C@]12C[C@H](CCCCCCCCO)C3=C4CCC(=O)C=C4CC[C@H]3[C@@H]1CCC2=O. The second-order valence-electron chi connectivity index (χ2n) is 10.2. The zero-order chi connectivity index (χ0) is 20.4. The Hall–Kier alpha value is -1.22. The van der Waals surface area contributed by atoms with Crippen LogP contribution in [0.3, 0.4) is 0 Å². The first-order valence-electron chi connectivity index (χ1n) is 12.2. The van der Waals surface area contributed by atoms with Gasteiger partial charge in [0.2, 0.25) is 0 Å². The Kier molecular flexibility index (Phi) is 6.44. The molecule has 2 fully saturated rings. The molecule has 0 bridgehead atoms. The van der Waals surface area contributed by atoms with Crippen LogP contribution in [0.4, 0.5) is 0 Å². The van der Waals surface area contributed by atoms with E-state index in [0.717, 1.165) is 51.4 Å². The lowest BCUT2D eigenvalue weighted by molar-refractivity contribution is -0.129. The van der Waals surface area contributed by atoms with Crippen molar-refractivity contribution in [2.45, 2.75) is 96.8 Å². The number of fused-ring (bicyclic) bond motifs is 4. The monoisotopic (exact) mass is 398 g/mol. The molecule has 3 nitrogen and oxygen atoms in total. The Morgan fingerprint density at radius 2 is 1.72 bits per heavy atom. The fourth-order valence-electron chi connectivity index (χ4n) is 7.07. The summed E-state index contributed by atoms with van der Waals surface area (Å²) in [5.41, 5.74) is 4.42. The van der Waals surface area contributed by atoms with E-state index in [1.54, 1.807) is 5.57 Å². The van der Waals surface area contributed by atoms with Crippen molar-refractivity contribution in [1.29, 1.82) is 0 Å². The summed E-state index contributed by atoms with van der Waals surface area (Å²) in [6.07, 6.45) is 16.8. The van der Waals surface area contributed by atoms with E-state index in [1.165, 1.54) is 43.3 Å². The van der Waals surface area contributed by atoms with Crippen molar-refractivity contribution in [3.05, 3.63) is 22.8 Å². The van der Waals surface area contributed by atoms with E-state index in [1.807, 2.05) is 6.08 Å². The lowest BCUT2D eigenvalue weighted by atomic mass is 9.53. The van der Waals surface area contributed by atoms with Gasteiger partial charge in [-0.25, -0.2) is 0 Å². The van der Waals surface area contributed by atoms with E-state index in [9.17, 15) is 9.59 Å². The molecule has 0 radical (unpaired) electrons. The molecule has 3 heteroatoms. The summed E-state index contributed by atoms with van der Waals surface area (Å²) < 4.78 is 0. The summed E-state index contributed by atoms with van der Waals surface area (Å²) >= 11 is 0. The van der Waals surface area contributed by atoms with Gasteiger partial charge in [-0.1, -0.05) is 44.6 Å². The molecule has 0 heterocycles. The molecule has 0 spiro atoms. The van der Waals surface area contributed by atoms with Crippen molar-refractivity contribution >= 4 is 11.6 Å². The number of carbonyl (C=O) groups is 2. The first-order valence-corrected chi connectivity index (χ1v) is 12.2. The van der Waals surface area contributed by atoms with Crippen LogP contribution < -0.4 is 0 Å². The number of aliphatic hydroxyl groups excluding tert-OH is 1. The second-order valence-corrected chi connectivity index (χ2v) is 10.2. The van der Waals surface area contributed by atoms with Crippen molar-refractivity contribution in [3.8, 4) is 0 Å². The molecule has 29 heavy (non-hydrogen) atoms. The van der Waals surface area contributed by atoms with Crippen LogP contribution in [0, 0.1) is 23.2 Å². The van der Waals surface area contributed by atoms with Crippen LogP contribution in [0.1, 0.15) is 96.8 Å². The van der Waals surface area contributed by atoms with Crippen molar-refractivity contribution in [3.63, 3.8) is 0 Å². The van der Waals surface area contributed by atoms with Crippen molar-refractivity contribution in [1.82, 2.24) is 0 Å². The summed E-state index contributed by atoms with van der Waals surface area (Å²) in [6.45, 7) is 2.58. The molecule has 4 rings (SSSR count). The Morgan fingerprint density at radius 3 is 2.52 bits per heavy atom. The highest BCUT2D eigenvalue weighted by atomic mass is 16.2. The van der Waals surface area contributed by atoms with Crippen LogP contribution in [-0.2, 0) is 9.59 Å². The van der Waals surface area contributed by atoms with E-state index < -0.39 is 0 Å². The third-order valence-corrected chi connectivity index (χ3v) is 8.51. The molecule has 2 saturated carbocycles. The van der Waals surface area contributed by atoms with E-state index in [2.05, 4.69) is 6.92 Å². The Labute approximate surface area is 176 Å². The van der Waals surface area contributed by atoms with E-state index in [0.29, 0.717) is 42.3 Å². The average molecular weight is 399 g/mol. The smallest absolute Gasteiger partial charge is 0.156 e. The van der Waals surface area contributed by atoms with Gasteiger partial charge in [0.25, 0.3) is 0 Å². The minimum atomic E-state index is -0.105. The third-order valence-electron chi connectivity index (χ3n) is 8.51.